The molecule has 2 aromatic carbocycles. The van der Waals surface area contributed by atoms with Crippen LogP contribution in [-0.4, -0.2) is 53.1 Å². The lowest BCUT2D eigenvalue weighted by atomic mass is 9.98. The Bertz CT molecular complexity index is 823. The molecule has 0 saturated heterocycles. The molecular formula is C21H23BrN2O2. The van der Waals surface area contributed by atoms with E-state index in [4.69, 9.17) is 0 Å². The van der Waals surface area contributed by atoms with E-state index in [1.165, 1.54) is 11.1 Å². The normalized spacial score (nSPS) is 18.4. The highest BCUT2D eigenvalue weighted by molar-refractivity contribution is 9.10. The number of nitrogens with zero attached hydrogens (tertiary/aromatic N) is 2. The number of fused-ring (bicyclic) bond motifs is 2. The second-order valence-corrected chi connectivity index (χ2v) is 8.13. The minimum atomic E-state index is -0.530. The van der Waals surface area contributed by atoms with Gasteiger partial charge in [-0.15, -0.1) is 0 Å². The molecule has 2 aromatic rings. The first kappa shape index (κ1) is 17.7. The molecule has 2 aliphatic rings. The molecule has 0 aromatic heterocycles. The monoisotopic (exact) mass is 414 g/mol. The van der Waals surface area contributed by atoms with Gasteiger partial charge in [0.2, 0.25) is 0 Å². The molecule has 2 aliphatic heterocycles. The van der Waals surface area contributed by atoms with Gasteiger partial charge >= 0.3 is 0 Å². The summed E-state index contributed by atoms with van der Waals surface area (Å²) in [6, 6.07) is 14.4. The smallest absolute Gasteiger partial charge is 0.254 e. The minimum Gasteiger partial charge on any atom is -0.390 e. The van der Waals surface area contributed by atoms with Crippen LogP contribution in [0.4, 0.5) is 0 Å². The van der Waals surface area contributed by atoms with Gasteiger partial charge in [-0.05, 0) is 41.7 Å². The van der Waals surface area contributed by atoms with Crippen LogP contribution in [0.2, 0.25) is 0 Å². The number of carbonyl (C=O) groups excluding carboxylic acids is 1. The second-order valence-electron chi connectivity index (χ2n) is 7.21. The molecule has 0 spiro atoms. The summed E-state index contributed by atoms with van der Waals surface area (Å²) in [7, 11) is 0. The molecule has 136 valence electrons. The minimum absolute atomic E-state index is 0.0237. The Kier molecular flexibility index (Phi) is 5.11. The maximum Gasteiger partial charge on any atom is 0.254 e. The third kappa shape index (κ3) is 3.70. The summed E-state index contributed by atoms with van der Waals surface area (Å²) < 4.78 is 0.916. The van der Waals surface area contributed by atoms with E-state index in [9.17, 15) is 9.90 Å². The third-order valence-electron chi connectivity index (χ3n) is 5.35. The summed E-state index contributed by atoms with van der Waals surface area (Å²) in [5.41, 5.74) is 4.60. The summed E-state index contributed by atoms with van der Waals surface area (Å²) in [6.45, 7) is 3.49. The molecule has 1 amide bonds. The molecular weight excluding hydrogens is 392 g/mol. The van der Waals surface area contributed by atoms with Crippen molar-refractivity contribution in [2.75, 3.05) is 26.2 Å². The van der Waals surface area contributed by atoms with Gasteiger partial charge < -0.3 is 10.0 Å². The van der Waals surface area contributed by atoms with E-state index in [1.54, 1.807) is 4.90 Å². The molecule has 0 radical (unpaired) electrons. The summed E-state index contributed by atoms with van der Waals surface area (Å²) in [6.07, 6.45) is 1.34. The van der Waals surface area contributed by atoms with Crippen LogP contribution in [0, 0.1) is 0 Å². The number of carbonyl (C=O) groups is 1. The van der Waals surface area contributed by atoms with Gasteiger partial charge in [0.05, 0.1) is 6.10 Å². The average molecular weight is 415 g/mol. The standard InChI is InChI=1S/C21H23BrN2O2/c22-18-6-5-16-8-10-24(21(26)20(16)11-18)14-19(25)13-23-9-7-15-3-1-2-4-17(15)12-23/h1-6,11,19,25H,7-10,12-14H2/t19-/m0/s1. The predicted molar refractivity (Wildman–Crippen MR) is 105 cm³/mol. The van der Waals surface area contributed by atoms with Crippen molar-refractivity contribution in [3.8, 4) is 0 Å². The fourth-order valence-electron chi connectivity index (χ4n) is 3.99. The zero-order chi connectivity index (χ0) is 18.1. The molecule has 0 unspecified atom stereocenters. The van der Waals surface area contributed by atoms with Crippen LogP contribution in [0.25, 0.3) is 0 Å². The van der Waals surface area contributed by atoms with Crippen molar-refractivity contribution in [2.45, 2.75) is 25.5 Å². The van der Waals surface area contributed by atoms with Gasteiger partial charge in [-0.2, -0.15) is 0 Å². The van der Waals surface area contributed by atoms with E-state index in [-0.39, 0.29) is 5.91 Å². The van der Waals surface area contributed by atoms with Crippen molar-refractivity contribution in [1.29, 1.82) is 0 Å². The highest BCUT2D eigenvalue weighted by Gasteiger charge is 2.27. The lowest BCUT2D eigenvalue weighted by Crippen LogP contribution is -2.46. The molecule has 4 nitrogen and oxygen atoms in total. The first-order valence-corrected chi connectivity index (χ1v) is 9.94. The number of β-amino-alcohol motifs (C(OH)–C–C–N with tert-alkyl or cyclic N) is 1. The van der Waals surface area contributed by atoms with Crippen LogP contribution in [0.3, 0.4) is 0 Å². The summed E-state index contributed by atoms with van der Waals surface area (Å²) >= 11 is 3.44. The van der Waals surface area contributed by atoms with Gasteiger partial charge in [-0.1, -0.05) is 46.3 Å². The first-order chi connectivity index (χ1) is 12.6. The van der Waals surface area contributed by atoms with Crippen molar-refractivity contribution in [3.63, 3.8) is 0 Å². The van der Waals surface area contributed by atoms with E-state index in [2.05, 4.69) is 45.1 Å². The van der Waals surface area contributed by atoms with Crippen LogP contribution in [0.5, 0.6) is 0 Å². The highest BCUT2D eigenvalue weighted by atomic mass is 79.9. The number of halogens is 1. The summed E-state index contributed by atoms with van der Waals surface area (Å²) in [5, 5.41) is 10.6. The van der Waals surface area contributed by atoms with Crippen molar-refractivity contribution < 1.29 is 9.90 Å². The molecule has 0 bridgehead atoms. The molecule has 0 saturated carbocycles. The number of rotatable bonds is 4. The lowest BCUT2D eigenvalue weighted by molar-refractivity contribution is 0.0492. The quantitative estimate of drug-likeness (QED) is 0.836. The molecule has 4 rings (SSSR count). The van der Waals surface area contributed by atoms with Crippen LogP contribution in [-0.2, 0) is 19.4 Å². The Hall–Kier alpha value is -1.69. The predicted octanol–water partition coefficient (Wildman–Crippen LogP) is 2.87. The molecule has 2 heterocycles. The van der Waals surface area contributed by atoms with Gasteiger partial charge in [0.15, 0.2) is 0 Å². The van der Waals surface area contributed by atoms with Crippen molar-refractivity contribution in [1.82, 2.24) is 9.80 Å². The Balaban J connectivity index is 1.37. The molecule has 1 N–H and O–H groups in total. The van der Waals surface area contributed by atoms with Gasteiger partial charge in [0.1, 0.15) is 0 Å². The van der Waals surface area contributed by atoms with E-state index >= 15 is 0 Å². The number of benzene rings is 2. The zero-order valence-corrected chi connectivity index (χ0v) is 16.3. The SMILES string of the molecule is O=C1c2cc(Br)ccc2CCN1C[C@@H](O)CN1CCc2ccccc2C1. The number of hydrogen-bond donors (Lipinski definition) is 1. The Morgan fingerprint density at radius 1 is 1.00 bits per heavy atom. The highest BCUT2D eigenvalue weighted by Crippen LogP contribution is 2.23. The van der Waals surface area contributed by atoms with Crippen LogP contribution in [0.1, 0.15) is 27.0 Å². The third-order valence-corrected chi connectivity index (χ3v) is 5.84. The van der Waals surface area contributed by atoms with E-state index < -0.39 is 6.10 Å². The molecule has 1 atom stereocenters. The Morgan fingerprint density at radius 3 is 2.62 bits per heavy atom. The second kappa shape index (κ2) is 7.51. The number of aliphatic hydroxyl groups is 1. The van der Waals surface area contributed by atoms with Gasteiger partial charge in [-0.3, -0.25) is 9.69 Å². The van der Waals surface area contributed by atoms with Gasteiger partial charge in [0.25, 0.3) is 5.91 Å². The van der Waals surface area contributed by atoms with E-state index in [1.807, 2.05) is 18.2 Å². The van der Waals surface area contributed by atoms with Gasteiger partial charge in [0, 0.05) is 42.8 Å². The van der Waals surface area contributed by atoms with Crippen LogP contribution < -0.4 is 0 Å². The summed E-state index contributed by atoms with van der Waals surface area (Å²) in [4.78, 5) is 16.8. The number of aliphatic hydroxyl groups excluding tert-OH is 1. The molecule has 26 heavy (non-hydrogen) atoms. The number of hydrogen-bond acceptors (Lipinski definition) is 3. The van der Waals surface area contributed by atoms with Crippen molar-refractivity contribution in [3.05, 3.63) is 69.2 Å². The van der Waals surface area contributed by atoms with Crippen LogP contribution in [0.15, 0.2) is 46.9 Å². The fraction of sp³-hybridized carbons (Fsp3) is 0.381. The first-order valence-electron chi connectivity index (χ1n) is 9.15. The largest absolute Gasteiger partial charge is 0.390 e. The number of amides is 1. The topological polar surface area (TPSA) is 43.8 Å². The Labute approximate surface area is 162 Å². The fourth-order valence-corrected chi connectivity index (χ4v) is 4.35. The van der Waals surface area contributed by atoms with Gasteiger partial charge in [-0.25, -0.2) is 0 Å². The Morgan fingerprint density at radius 2 is 1.77 bits per heavy atom. The average Bonchev–Trinajstić information content (AvgIpc) is 2.64. The van der Waals surface area contributed by atoms with Crippen molar-refractivity contribution in [2.24, 2.45) is 0 Å². The van der Waals surface area contributed by atoms with Crippen molar-refractivity contribution >= 4 is 21.8 Å². The molecule has 5 heteroatoms. The van der Waals surface area contributed by atoms with E-state index in [0.717, 1.165) is 41.5 Å². The molecule has 0 fully saturated rings. The maximum absolute atomic E-state index is 12.7. The lowest BCUT2D eigenvalue weighted by Gasteiger charge is -2.34. The van der Waals surface area contributed by atoms with Crippen LogP contribution >= 0.6 is 15.9 Å². The zero-order valence-electron chi connectivity index (χ0n) is 14.7. The van der Waals surface area contributed by atoms with E-state index in [0.29, 0.717) is 19.6 Å². The summed E-state index contributed by atoms with van der Waals surface area (Å²) in [5.74, 6) is 0.0237. The maximum atomic E-state index is 12.7. The molecule has 0 aliphatic carbocycles.